The number of amides is 1. The number of carbonyl (C=O) groups excluding carboxylic acids is 1. The number of nitrogens with one attached hydrogen (secondary N) is 1. The fourth-order valence-corrected chi connectivity index (χ4v) is 4.18. The quantitative estimate of drug-likeness (QED) is 0.676. The average Bonchev–Trinajstić information content (AvgIpc) is 3.24. The summed E-state index contributed by atoms with van der Waals surface area (Å²) in [6.07, 6.45) is 9.96. The molecule has 29 heavy (non-hydrogen) atoms. The smallest absolute Gasteiger partial charge is 0.227 e. The molecule has 0 unspecified atom stereocenters. The van der Waals surface area contributed by atoms with Crippen molar-refractivity contribution in [2.24, 2.45) is 5.73 Å². The van der Waals surface area contributed by atoms with Crippen LogP contribution in [-0.4, -0.2) is 26.2 Å². The lowest BCUT2D eigenvalue weighted by molar-refractivity contribution is -0.121. The van der Waals surface area contributed by atoms with Gasteiger partial charge in [-0.05, 0) is 32.1 Å². The fraction of sp³-hybridized carbons (Fsp3) is 0.737. The molecule has 1 amide bonds. The fourth-order valence-electron chi connectivity index (χ4n) is 4.18. The molecule has 0 bridgehead atoms. The Labute approximate surface area is 176 Å². The van der Waals surface area contributed by atoms with Crippen molar-refractivity contribution in [2.75, 3.05) is 0 Å². The number of hydrogen-bond donors (Lipinski definition) is 2. The second kappa shape index (κ2) is 8.79. The van der Waals surface area contributed by atoms with E-state index in [9.17, 15) is 4.79 Å². The highest BCUT2D eigenvalue weighted by atomic mass is 35.5. The maximum absolute atomic E-state index is 11.8. The zero-order valence-electron chi connectivity index (χ0n) is 16.8. The summed E-state index contributed by atoms with van der Waals surface area (Å²) < 4.78 is 10.8. The molecule has 160 valence electrons. The molecule has 4 rings (SSSR count). The average molecular weight is 425 g/mol. The maximum atomic E-state index is 11.8. The van der Waals surface area contributed by atoms with Gasteiger partial charge in [-0.15, -0.1) is 12.4 Å². The summed E-state index contributed by atoms with van der Waals surface area (Å²) in [5.41, 5.74) is 5.28. The molecule has 10 heteroatoms. The van der Waals surface area contributed by atoms with Crippen molar-refractivity contribution in [1.29, 1.82) is 0 Å². The molecular formula is C19H29ClN6O3. The van der Waals surface area contributed by atoms with Crippen molar-refractivity contribution in [3.63, 3.8) is 0 Å². The SMILES string of the molecule is CC(=O)NC1(c2noc(CCc3nc(C4(N)CCC4)no3)n2)CCCCCC1.Cl. The molecule has 0 aromatic carbocycles. The standard InChI is InChI=1S/C19H28N6O3.ClH/c1-13(26)23-19(11-4-2-3-5-12-19)17-22-15(28-25-17)8-7-14-21-16(24-27-14)18(20)9-6-10-18;/h2-12,20H2,1H3,(H,23,26);1H. The molecule has 2 aromatic rings. The lowest BCUT2D eigenvalue weighted by Gasteiger charge is -2.34. The Hall–Kier alpha value is -2.00. The molecule has 0 saturated heterocycles. The molecule has 0 spiro atoms. The number of hydrogen-bond acceptors (Lipinski definition) is 8. The van der Waals surface area contributed by atoms with Gasteiger partial charge in [0.1, 0.15) is 5.54 Å². The van der Waals surface area contributed by atoms with Crippen LogP contribution in [-0.2, 0) is 28.7 Å². The molecule has 9 nitrogen and oxygen atoms in total. The lowest BCUT2D eigenvalue weighted by atomic mass is 9.77. The van der Waals surface area contributed by atoms with Crippen molar-refractivity contribution >= 4 is 18.3 Å². The van der Waals surface area contributed by atoms with Crippen LogP contribution in [0.3, 0.4) is 0 Å². The van der Waals surface area contributed by atoms with Gasteiger partial charge in [-0.1, -0.05) is 36.0 Å². The van der Waals surface area contributed by atoms with E-state index in [1.807, 2.05) is 0 Å². The van der Waals surface area contributed by atoms with E-state index in [1.165, 1.54) is 6.92 Å². The highest BCUT2D eigenvalue weighted by molar-refractivity contribution is 5.85. The van der Waals surface area contributed by atoms with Gasteiger partial charge >= 0.3 is 0 Å². The largest absolute Gasteiger partial charge is 0.343 e. The van der Waals surface area contributed by atoms with E-state index < -0.39 is 11.1 Å². The predicted octanol–water partition coefficient (Wildman–Crippen LogP) is 2.68. The molecule has 2 heterocycles. The van der Waals surface area contributed by atoms with Gasteiger partial charge in [0, 0.05) is 19.8 Å². The number of nitrogens with two attached hydrogens (primary N) is 1. The van der Waals surface area contributed by atoms with Crippen molar-refractivity contribution in [2.45, 2.75) is 88.6 Å². The van der Waals surface area contributed by atoms with Gasteiger partial charge in [-0.3, -0.25) is 4.79 Å². The zero-order chi connectivity index (χ0) is 19.6. The van der Waals surface area contributed by atoms with Crippen LogP contribution in [0, 0.1) is 0 Å². The first-order valence-electron chi connectivity index (χ1n) is 10.2. The maximum Gasteiger partial charge on any atom is 0.227 e. The molecule has 3 N–H and O–H groups in total. The number of aromatic nitrogens is 4. The summed E-state index contributed by atoms with van der Waals surface area (Å²) in [4.78, 5) is 20.8. The van der Waals surface area contributed by atoms with Crippen LogP contribution in [0.15, 0.2) is 9.05 Å². The van der Waals surface area contributed by atoms with Crippen LogP contribution in [0.2, 0.25) is 0 Å². The van der Waals surface area contributed by atoms with Gasteiger partial charge < -0.3 is 20.1 Å². The summed E-state index contributed by atoms with van der Waals surface area (Å²) in [5.74, 6) is 2.12. The van der Waals surface area contributed by atoms with Crippen molar-refractivity contribution in [1.82, 2.24) is 25.6 Å². The van der Waals surface area contributed by atoms with Crippen LogP contribution in [0.1, 0.15) is 88.1 Å². The van der Waals surface area contributed by atoms with Crippen molar-refractivity contribution in [3.05, 3.63) is 23.4 Å². The van der Waals surface area contributed by atoms with Gasteiger partial charge in [0.2, 0.25) is 17.7 Å². The van der Waals surface area contributed by atoms with Crippen LogP contribution in [0.25, 0.3) is 0 Å². The number of carbonyl (C=O) groups is 1. The first kappa shape index (κ1) is 21.7. The van der Waals surface area contributed by atoms with Crippen LogP contribution in [0.5, 0.6) is 0 Å². The third kappa shape index (κ3) is 4.61. The molecule has 2 saturated carbocycles. The zero-order valence-corrected chi connectivity index (χ0v) is 17.6. The first-order chi connectivity index (χ1) is 13.5. The Morgan fingerprint density at radius 3 is 2.00 bits per heavy atom. The number of aryl methyl sites for hydroxylation is 2. The monoisotopic (exact) mass is 424 g/mol. The predicted molar refractivity (Wildman–Crippen MR) is 106 cm³/mol. The van der Waals surface area contributed by atoms with E-state index in [4.69, 9.17) is 14.8 Å². The molecule has 2 aliphatic rings. The minimum absolute atomic E-state index is 0. The Kier molecular flexibility index (Phi) is 6.58. The summed E-state index contributed by atoms with van der Waals surface area (Å²) in [5, 5.41) is 11.3. The Bertz CT molecular complexity index is 824. The summed E-state index contributed by atoms with van der Waals surface area (Å²) >= 11 is 0. The van der Waals surface area contributed by atoms with Crippen LogP contribution in [0.4, 0.5) is 0 Å². The third-order valence-electron chi connectivity index (χ3n) is 5.98. The first-order valence-corrected chi connectivity index (χ1v) is 10.2. The normalized spacial score (nSPS) is 20.2. The van der Waals surface area contributed by atoms with Crippen LogP contribution < -0.4 is 11.1 Å². The lowest BCUT2D eigenvalue weighted by Crippen LogP contribution is -2.45. The molecule has 0 atom stereocenters. The Morgan fingerprint density at radius 1 is 0.931 bits per heavy atom. The molecule has 0 aliphatic heterocycles. The van der Waals surface area contributed by atoms with Crippen molar-refractivity contribution in [3.8, 4) is 0 Å². The van der Waals surface area contributed by atoms with E-state index in [0.29, 0.717) is 36.3 Å². The topological polar surface area (TPSA) is 133 Å². The van der Waals surface area contributed by atoms with E-state index >= 15 is 0 Å². The minimum atomic E-state index is -0.530. The Balaban J connectivity index is 0.00000240. The molecule has 2 fully saturated rings. The molecule has 0 radical (unpaired) electrons. The summed E-state index contributed by atoms with van der Waals surface area (Å²) in [7, 11) is 0. The minimum Gasteiger partial charge on any atom is -0.343 e. The van der Waals surface area contributed by atoms with E-state index in [2.05, 4.69) is 25.6 Å². The number of nitrogens with zero attached hydrogens (tertiary/aromatic N) is 4. The van der Waals surface area contributed by atoms with Crippen LogP contribution >= 0.6 is 12.4 Å². The molecule has 2 aliphatic carbocycles. The van der Waals surface area contributed by atoms with Gasteiger partial charge in [0.15, 0.2) is 11.6 Å². The van der Waals surface area contributed by atoms with Gasteiger partial charge in [0.25, 0.3) is 0 Å². The molecule has 2 aromatic heterocycles. The second-order valence-corrected chi connectivity index (χ2v) is 8.21. The van der Waals surface area contributed by atoms with E-state index in [-0.39, 0.29) is 18.3 Å². The number of rotatable bonds is 6. The second-order valence-electron chi connectivity index (χ2n) is 8.21. The highest BCUT2D eigenvalue weighted by Crippen LogP contribution is 2.37. The summed E-state index contributed by atoms with van der Waals surface area (Å²) in [6, 6.07) is 0. The van der Waals surface area contributed by atoms with Crippen molar-refractivity contribution < 1.29 is 13.8 Å². The Morgan fingerprint density at radius 2 is 1.48 bits per heavy atom. The van der Waals surface area contributed by atoms with Gasteiger partial charge in [-0.2, -0.15) is 9.97 Å². The summed E-state index contributed by atoms with van der Waals surface area (Å²) in [6.45, 7) is 1.53. The third-order valence-corrected chi connectivity index (χ3v) is 5.98. The van der Waals surface area contributed by atoms with Gasteiger partial charge in [-0.25, -0.2) is 0 Å². The number of halogens is 1. The van der Waals surface area contributed by atoms with E-state index in [0.717, 1.165) is 57.8 Å². The molecular weight excluding hydrogens is 396 g/mol. The van der Waals surface area contributed by atoms with Gasteiger partial charge in [0.05, 0.1) is 5.54 Å². The highest BCUT2D eigenvalue weighted by Gasteiger charge is 2.39. The van der Waals surface area contributed by atoms with E-state index in [1.54, 1.807) is 0 Å².